The van der Waals surface area contributed by atoms with Crippen molar-refractivity contribution in [3.63, 3.8) is 0 Å². The summed E-state index contributed by atoms with van der Waals surface area (Å²) in [6, 6.07) is 6.51. The van der Waals surface area contributed by atoms with Crippen LogP contribution in [0.3, 0.4) is 0 Å². The van der Waals surface area contributed by atoms with Crippen molar-refractivity contribution in [1.29, 1.82) is 0 Å². The lowest BCUT2D eigenvalue weighted by atomic mass is 9.71. The maximum absolute atomic E-state index is 12.6. The van der Waals surface area contributed by atoms with Crippen LogP contribution in [0.4, 0.5) is 5.69 Å². The molecule has 2 aliphatic rings. The summed E-state index contributed by atoms with van der Waals surface area (Å²) in [4.78, 5) is 23.9. The van der Waals surface area contributed by atoms with Gasteiger partial charge >= 0.3 is 0 Å². The summed E-state index contributed by atoms with van der Waals surface area (Å²) in [7, 11) is 0. The molecule has 1 aromatic rings. The molecule has 3 unspecified atom stereocenters. The highest BCUT2D eigenvalue weighted by Gasteiger charge is 2.66. The lowest BCUT2D eigenvalue weighted by Crippen LogP contribution is -2.35. The molecule has 112 valence electrons. The Morgan fingerprint density at radius 3 is 2.33 bits per heavy atom. The molecule has 2 fully saturated rings. The Bertz CT molecular complexity index is 610. The maximum Gasteiger partial charge on any atom is 0.269 e. The number of nitrogens with zero attached hydrogens (tertiary/aromatic N) is 1. The van der Waals surface area contributed by atoms with Gasteiger partial charge in [-0.25, -0.2) is 0 Å². The SMILES string of the molecule is CC1(C)C2CCC1(C)C(Sc1ccc([N+](=O)[O-])cc1)C2=O. The van der Waals surface area contributed by atoms with Crippen LogP contribution in [-0.4, -0.2) is 16.0 Å². The van der Waals surface area contributed by atoms with Crippen molar-refractivity contribution >= 4 is 23.2 Å². The Morgan fingerprint density at radius 1 is 1.24 bits per heavy atom. The summed E-state index contributed by atoms with van der Waals surface area (Å²) < 4.78 is 0. The molecular formula is C16H19NO3S. The number of thioether (sulfide) groups is 1. The largest absolute Gasteiger partial charge is 0.298 e. The topological polar surface area (TPSA) is 60.2 Å². The average Bonchev–Trinajstić information content (AvgIpc) is 2.73. The predicted octanol–water partition coefficient (Wildman–Crippen LogP) is 4.08. The number of ketones is 1. The number of fused-ring (bicyclic) bond motifs is 2. The molecule has 4 nitrogen and oxygen atoms in total. The summed E-state index contributed by atoms with van der Waals surface area (Å²) in [6.45, 7) is 6.64. The molecule has 0 saturated heterocycles. The third kappa shape index (κ3) is 1.94. The minimum absolute atomic E-state index is 0.0151. The lowest BCUT2D eigenvalue weighted by Gasteiger charge is -2.37. The van der Waals surface area contributed by atoms with Gasteiger partial charge in [-0.3, -0.25) is 14.9 Å². The first-order chi connectivity index (χ1) is 9.77. The number of carbonyl (C=O) groups excluding carboxylic acids is 1. The standard InChI is InChI=1S/C16H19NO3S/c1-15(2)12-8-9-16(15,3)14(13(12)18)21-11-6-4-10(5-7-11)17(19)20/h4-7,12,14H,8-9H2,1-3H3. The van der Waals surface area contributed by atoms with Crippen LogP contribution >= 0.6 is 11.8 Å². The first-order valence-corrected chi connectivity index (χ1v) is 8.10. The van der Waals surface area contributed by atoms with Crippen molar-refractivity contribution in [2.24, 2.45) is 16.7 Å². The first-order valence-electron chi connectivity index (χ1n) is 7.22. The number of benzene rings is 1. The van der Waals surface area contributed by atoms with Crippen LogP contribution < -0.4 is 0 Å². The maximum atomic E-state index is 12.6. The van der Waals surface area contributed by atoms with E-state index in [-0.39, 0.29) is 27.7 Å². The van der Waals surface area contributed by atoms with Crippen molar-refractivity contribution < 1.29 is 9.72 Å². The van der Waals surface area contributed by atoms with Crippen molar-refractivity contribution in [3.8, 4) is 0 Å². The Kier molecular flexibility index (Phi) is 3.17. The zero-order valence-corrected chi connectivity index (χ0v) is 13.3. The highest BCUT2D eigenvalue weighted by molar-refractivity contribution is 8.00. The molecule has 0 N–H and O–H groups in total. The molecule has 0 amide bonds. The molecule has 0 radical (unpaired) electrons. The smallest absolute Gasteiger partial charge is 0.269 e. The van der Waals surface area contributed by atoms with E-state index in [0.29, 0.717) is 5.78 Å². The summed E-state index contributed by atoms with van der Waals surface area (Å²) >= 11 is 1.57. The molecule has 0 heterocycles. The molecule has 3 atom stereocenters. The first kappa shape index (κ1) is 14.6. The van der Waals surface area contributed by atoms with Gasteiger partial charge in [-0.05, 0) is 35.8 Å². The highest BCUT2D eigenvalue weighted by Crippen LogP contribution is 2.67. The highest BCUT2D eigenvalue weighted by atomic mass is 32.2. The fourth-order valence-corrected chi connectivity index (χ4v) is 5.49. The molecule has 0 aromatic heterocycles. The summed E-state index contributed by atoms with van der Waals surface area (Å²) in [5.41, 5.74) is 0.147. The molecule has 5 heteroatoms. The van der Waals surface area contributed by atoms with Crippen LogP contribution in [0.2, 0.25) is 0 Å². The molecule has 0 aliphatic heterocycles. The minimum atomic E-state index is -0.401. The summed E-state index contributed by atoms with van der Waals surface area (Å²) in [5, 5.41) is 10.7. The van der Waals surface area contributed by atoms with Gasteiger partial charge < -0.3 is 0 Å². The van der Waals surface area contributed by atoms with Crippen LogP contribution in [0.1, 0.15) is 33.6 Å². The van der Waals surface area contributed by atoms with E-state index in [9.17, 15) is 14.9 Å². The Labute approximate surface area is 128 Å². The molecule has 3 rings (SSSR count). The monoisotopic (exact) mass is 305 g/mol. The molecule has 2 aliphatic carbocycles. The van der Waals surface area contributed by atoms with Crippen LogP contribution in [0.15, 0.2) is 29.2 Å². The van der Waals surface area contributed by atoms with Crippen molar-refractivity contribution in [2.75, 3.05) is 0 Å². The van der Waals surface area contributed by atoms with Gasteiger partial charge in [0.2, 0.25) is 0 Å². The lowest BCUT2D eigenvalue weighted by molar-refractivity contribution is -0.384. The zero-order valence-electron chi connectivity index (χ0n) is 12.5. The number of nitro groups is 1. The molecule has 21 heavy (non-hydrogen) atoms. The van der Waals surface area contributed by atoms with Crippen molar-refractivity contribution in [1.82, 2.24) is 0 Å². The van der Waals surface area contributed by atoms with E-state index < -0.39 is 4.92 Å². The second-order valence-electron chi connectivity index (χ2n) is 6.88. The van der Waals surface area contributed by atoms with Crippen LogP contribution in [0.5, 0.6) is 0 Å². The number of non-ortho nitro benzene ring substituents is 1. The van der Waals surface area contributed by atoms with Gasteiger partial charge in [0.25, 0.3) is 5.69 Å². The molecular weight excluding hydrogens is 286 g/mol. The summed E-state index contributed by atoms with van der Waals surface area (Å²) in [6.07, 6.45) is 2.08. The second kappa shape index (κ2) is 4.57. The fourth-order valence-electron chi connectivity index (χ4n) is 3.96. The number of nitro benzene ring substituents is 1. The Balaban J connectivity index is 1.85. The van der Waals surface area contributed by atoms with Gasteiger partial charge in [-0.15, -0.1) is 11.8 Å². The van der Waals surface area contributed by atoms with Crippen LogP contribution in [-0.2, 0) is 4.79 Å². The number of hydrogen-bond donors (Lipinski definition) is 0. The quantitative estimate of drug-likeness (QED) is 0.623. The molecule has 0 spiro atoms. The average molecular weight is 305 g/mol. The van der Waals surface area contributed by atoms with Crippen LogP contribution in [0, 0.1) is 26.9 Å². The minimum Gasteiger partial charge on any atom is -0.298 e. The van der Waals surface area contributed by atoms with E-state index in [4.69, 9.17) is 0 Å². The van der Waals surface area contributed by atoms with Crippen LogP contribution in [0.25, 0.3) is 0 Å². The van der Waals surface area contributed by atoms with Crippen molar-refractivity contribution in [3.05, 3.63) is 34.4 Å². The molecule has 2 bridgehead atoms. The number of carbonyl (C=O) groups is 1. The molecule has 2 saturated carbocycles. The molecule has 1 aromatic carbocycles. The van der Waals surface area contributed by atoms with E-state index in [1.807, 2.05) is 0 Å². The van der Waals surface area contributed by atoms with Gasteiger partial charge in [-0.2, -0.15) is 0 Å². The van der Waals surface area contributed by atoms with E-state index in [2.05, 4.69) is 20.8 Å². The third-order valence-corrected chi connectivity index (χ3v) is 7.31. The predicted molar refractivity (Wildman–Crippen MR) is 82.4 cm³/mol. The Hall–Kier alpha value is -1.36. The number of Topliss-reactive ketones (excluding diaryl/α,β-unsaturated/α-hetero) is 1. The van der Waals surface area contributed by atoms with Gasteiger partial charge in [-0.1, -0.05) is 20.8 Å². The third-order valence-electron chi connectivity index (χ3n) is 5.78. The van der Waals surface area contributed by atoms with E-state index in [1.165, 1.54) is 12.1 Å². The van der Waals surface area contributed by atoms with Gasteiger partial charge in [0.1, 0.15) is 5.78 Å². The van der Waals surface area contributed by atoms with Crippen molar-refractivity contribution in [2.45, 2.75) is 43.8 Å². The van der Waals surface area contributed by atoms with E-state index >= 15 is 0 Å². The van der Waals surface area contributed by atoms with E-state index in [1.54, 1.807) is 23.9 Å². The van der Waals surface area contributed by atoms with Gasteiger partial charge in [0.15, 0.2) is 0 Å². The van der Waals surface area contributed by atoms with Gasteiger partial charge in [0.05, 0.1) is 10.2 Å². The fraction of sp³-hybridized carbons (Fsp3) is 0.562. The zero-order chi connectivity index (χ0) is 15.4. The Morgan fingerprint density at radius 2 is 1.86 bits per heavy atom. The second-order valence-corrected chi connectivity index (χ2v) is 8.06. The number of hydrogen-bond acceptors (Lipinski definition) is 4. The normalized spacial score (nSPS) is 33.4. The number of rotatable bonds is 3. The van der Waals surface area contributed by atoms with Gasteiger partial charge in [0, 0.05) is 22.9 Å². The van der Waals surface area contributed by atoms with E-state index in [0.717, 1.165) is 17.7 Å². The summed E-state index contributed by atoms with van der Waals surface area (Å²) in [5.74, 6) is 0.523.